The zero-order valence-corrected chi connectivity index (χ0v) is 14.6. The Balaban J connectivity index is 2.29. The average Bonchev–Trinajstić information content (AvgIpc) is 2.47. The summed E-state index contributed by atoms with van der Waals surface area (Å²) in [6.07, 6.45) is 1.15. The third kappa shape index (κ3) is 4.32. The molecule has 0 saturated heterocycles. The Kier molecular flexibility index (Phi) is 5.83. The van der Waals surface area contributed by atoms with Gasteiger partial charge in [-0.25, -0.2) is 0 Å². The molecule has 0 unspecified atom stereocenters. The fourth-order valence-corrected chi connectivity index (χ4v) is 2.81. The predicted octanol–water partition coefficient (Wildman–Crippen LogP) is 5.03. The van der Waals surface area contributed by atoms with Crippen LogP contribution in [0.1, 0.15) is 24.5 Å². The van der Waals surface area contributed by atoms with Crippen molar-refractivity contribution in [2.75, 3.05) is 18.5 Å². The van der Waals surface area contributed by atoms with Crippen molar-refractivity contribution in [1.29, 1.82) is 0 Å². The van der Waals surface area contributed by atoms with Gasteiger partial charge in [-0.15, -0.1) is 0 Å². The molecule has 112 valence electrons. The topological polar surface area (TPSA) is 15.3 Å². The van der Waals surface area contributed by atoms with Gasteiger partial charge in [0.05, 0.1) is 0 Å². The number of hydrogen-bond acceptors (Lipinski definition) is 2. The van der Waals surface area contributed by atoms with Crippen LogP contribution in [0, 0.1) is 6.92 Å². The van der Waals surface area contributed by atoms with Gasteiger partial charge >= 0.3 is 0 Å². The van der Waals surface area contributed by atoms with Crippen LogP contribution in [0.5, 0.6) is 0 Å². The van der Waals surface area contributed by atoms with E-state index in [0.717, 1.165) is 24.0 Å². The standard InChI is InChI=1S/C18H23BrN2/c1-4-10-20-13-15-12-16(19)8-9-18(15)21(3)17-7-5-6-14(2)11-17/h5-9,11-12,20H,4,10,13H2,1-3H3. The molecule has 2 nitrogen and oxygen atoms in total. The van der Waals surface area contributed by atoms with Crippen LogP contribution in [0.3, 0.4) is 0 Å². The van der Waals surface area contributed by atoms with E-state index in [1.165, 1.54) is 22.5 Å². The summed E-state index contributed by atoms with van der Waals surface area (Å²) in [7, 11) is 2.13. The molecule has 3 heteroatoms. The summed E-state index contributed by atoms with van der Waals surface area (Å²) < 4.78 is 1.12. The number of halogens is 1. The number of nitrogens with zero attached hydrogens (tertiary/aromatic N) is 1. The summed E-state index contributed by atoms with van der Waals surface area (Å²) in [4.78, 5) is 2.25. The van der Waals surface area contributed by atoms with Crippen molar-refractivity contribution >= 4 is 27.3 Å². The Labute approximate surface area is 136 Å². The molecule has 0 saturated carbocycles. The Bertz CT molecular complexity index is 596. The highest BCUT2D eigenvalue weighted by molar-refractivity contribution is 9.10. The van der Waals surface area contributed by atoms with E-state index in [1.807, 2.05) is 0 Å². The van der Waals surface area contributed by atoms with E-state index in [4.69, 9.17) is 0 Å². The second-order valence-electron chi connectivity index (χ2n) is 5.35. The molecule has 0 aliphatic heterocycles. The summed E-state index contributed by atoms with van der Waals surface area (Å²) >= 11 is 3.58. The van der Waals surface area contributed by atoms with Crippen LogP contribution < -0.4 is 10.2 Å². The molecule has 2 rings (SSSR count). The fourth-order valence-electron chi connectivity index (χ4n) is 2.40. The predicted molar refractivity (Wildman–Crippen MR) is 95.4 cm³/mol. The van der Waals surface area contributed by atoms with Gasteiger partial charge in [0, 0.05) is 29.4 Å². The SMILES string of the molecule is CCCNCc1cc(Br)ccc1N(C)c1cccc(C)c1. The van der Waals surface area contributed by atoms with Crippen molar-refractivity contribution in [3.63, 3.8) is 0 Å². The van der Waals surface area contributed by atoms with Gasteiger partial charge in [-0.2, -0.15) is 0 Å². The van der Waals surface area contributed by atoms with E-state index in [-0.39, 0.29) is 0 Å². The molecule has 0 heterocycles. The molecule has 0 atom stereocenters. The Morgan fingerprint density at radius 1 is 1.14 bits per heavy atom. The number of aryl methyl sites for hydroxylation is 1. The first-order valence-electron chi connectivity index (χ1n) is 7.41. The van der Waals surface area contributed by atoms with Gasteiger partial charge in [-0.3, -0.25) is 0 Å². The highest BCUT2D eigenvalue weighted by atomic mass is 79.9. The van der Waals surface area contributed by atoms with Gasteiger partial charge in [-0.05, 0) is 61.3 Å². The van der Waals surface area contributed by atoms with Gasteiger partial charge in [0.15, 0.2) is 0 Å². The summed E-state index contributed by atoms with van der Waals surface area (Å²) in [5.41, 5.74) is 5.05. The van der Waals surface area contributed by atoms with Gasteiger partial charge in [0.25, 0.3) is 0 Å². The molecule has 2 aromatic carbocycles. The monoisotopic (exact) mass is 346 g/mol. The summed E-state index contributed by atoms with van der Waals surface area (Å²) in [6.45, 7) is 6.25. The summed E-state index contributed by atoms with van der Waals surface area (Å²) in [5, 5.41) is 3.49. The largest absolute Gasteiger partial charge is 0.344 e. The van der Waals surface area contributed by atoms with Crippen molar-refractivity contribution in [1.82, 2.24) is 5.32 Å². The van der Waals surface area contributed by atoms with Crippen molar-refractivity contribution in [2.24, 2.45) is 0 Å². The van der Waals surface area contributed by atoms with Crippen LogP contribution in [0.4, 0.5) is 11.4 Å². The zero-order chi connectivity index (χ0) is 15.2. The maximum absolute atomic E-state index is 3.58. The maximum atomic E-state index is 3.58. The van der Waals surface area contributed by atoms with E-state index in [1.54, 1.807) is 0 Å². The molecule has 21 heavy (non-hydrogen) atoms. The summed E-state index contributed by atoms with van der Waals surface area (Å²) in [5.74, 6) is 0. The van der Waals surface area contributed by atoms with E-state index in [9.17, 15) is 0 Å². The van der Waals surface area contributed by atoms with Crippen LogP contribution in [-0.4, -0.2) is 13.6 Å². The van der Waals surface area contributed by atoms with Crippen molar-refractivity contribution < 1.29 is 0 Å². The highest BCUT2D eigenvalue weighted by Gasteiger charge is 2.10. The van der Waals surface area contributed by atoms with Crippen LogP contribution in [0.15, 0.2) is 46.9 Å². The zero-order valence-electron chi connectivity index (χ0n) is 13.0. The lowest BCUT2D eigenvalue weighted by molar-refractivity contribution is 0.675. The number of anilines is 2. The lowest BCUT2D eigenvalue weighted by Crippen LogP contribution is -2.18. The molecule has 2 aromatic rings. The van der Waals surface area contributed by atoms with Crippen molar-refractivity contribution in [2.45, 2.75) is 26.8 Å². The van der Waals surface area contributed by atoms with Crippen LogP contribution >= 0.6 is 15.9 Å². The second kappa shape index (κ2) is 7.62. The molecule has 0 aliphatic rings. The van der Waals surface area contributed by atoms with E-state index < -0.39 is 0 Å². The van der Waals surface area contributed by atoms with Gasteiger partial charge < -0.3 is 10.2 Å². The van der Waals surface area contributed by atoms with Crippen molar-refractivity contribution in [3.8, 4) is 0 Å². The highest BCUT2D eigenvalue weighted by Crippen LogP contribution is 2.29. The average molecular weight is 347 g/mol. The number of nitrogens with one attached hydrogen (secondary N) is 1. The molecule has 0 aromatic heterocycles. The minimum atomic E-state index is 0.888. The molecule has 0 bridgehead atoms. The van der Waals surface area contributed by atoms with Gasteiger partial charge in [0.2, 0.25) is 0 Å². The summed E-state index contributed by atoms with van der Waals surface area (Å²) in [6, 6.07) is 15.1. The van der Waals surface area contributed by atoms with Crippen molar-refractivity contribution in [3.05, 3.63) is 58.1 Å². The molecule has 0 radical (unpaired) electrons. The number of rotatable bonds is 6. The van der Waals surface area contributed by atoms with Gasteiger partial charge in [0.1, 0.15) is 0 Å². The molecule has 1 N–H and O–H groups in total. The van der Waals surface area contributed by atoms with Crippen LogP contribution in [-0.2, 0) is 6.54 Å². The number of benzene rings is 2. The molecule has 0 spiro atoms. The Morgan fingerprint density at radius 3 is 2.67 bits per heavy atom. The Hall–Kier alpha value is -1.32. The minimum Gasteiger partial charge on any atom is -0.344 e. The van der Waals surface area contributed by atoms with Gasteiger partial charge in [-0.1, -0.05) is 35.0 Å². The third-order valence-corrected chi connectivity index (χ3v) is 4.03. The van der Waals surface area contributed by atoms with E-state index in [0.29, 0.717) is 0 Å². The molecular formula is C18H23BrN2. The normalized spacial score (nSPS) is 10.7. The smallest absolute Gasteiger partial charge is 0.0454 e. The fraction of sp³-hybridized carbons (Fsp3) is 0.333. The molecule has 0 amide bonds. The molecule has 0 fully saturated rings. The first-order chi connectivity index (χ1) is 10.1. The number of hydrogen-bond donors (Lipinski definition) is 1. The quantitative estimate of drug-likeness (QED) is 0.738. The van der Waals surface area contributed by atoms with E-state index >= 15 is 0 Å². The van der Waals surface area contributed by atoms with Crippen LogP contribution in [0.2, 0.25) is 0 Å². The lowest BCUT2D eigenvalue weighted by Gasteiger charge is -2.23. The first kappa shape index (κ1) is 16.1. The molecule has 0 aliphatic carbocycles. The Morgan fingerprint density at radius 2 is 1.95 bits per heavy atom. The lowest BCUT2D eigenvalue weighted by atomic mass is 10.1. The minimum absolute atomic E-state index is 0.888. The second-order valence-corrected chi connectivity index (χ2v) is 6.26. The maximum Gasteiger partial charge on any atom is 0.0454 e. The van der Waals surface area contributed by atoms with E-state index in [2.05, 4.69) is 89.5 Å². The first-order valence-corrected chi connectivity index (χ1v) is 8.20. The van der Waals surface area contributed by atoms with Crippen LogP contribution in [0.25, 0.3) is 0 Å². The molecular weight excluding hydrogens is 324 g/mol. The third-order valence-electron chi connectivity index (χ3n) is 3.53.